The van der Waals surface area contributed by atoms with Crippen LogP contribution in [-0.4, -0.2) is 36.8 Å². The van der Waals surface area contributed by atoms with Gasteiger partial charge in [-0.05, 0) is 36.2 Å². The Kier molecular flexibility index (Phi) is 5.11. The Labute approximate surface area is 151 Å². The topological polar surface area (TPSA) is 54.5 Å². The van der Waals surface area contributed by atoms with E-state index in [0.29, 0.717) is 11.4 Å². The maximum Gasteiger partial charge on any atom is 0.257 e. The van der Waals surface area contributed by atoms with Gasteiger partial charge < -0.3 is 4.90 Å². The van der Waals surface area contributed by atoms with Gasteiger partial charge in [-0.25, -0.2) is 12.8 Å². The number of benzene rings is 2. The average Bonchev–Trinajstić information content (AvgIpc) is 2.94. The van der Waals surface area contributed by atoms with E-state index in [1.165, 1.54) is 23.1 Å². The highest BCUT2D eigenvalue weighted by molar-refractivity contribution is 7.91. The molecule has 0 aliphatic carbocycles. The minimum absolute atomic E-state index is 0.0410. The van der Waals surface area contributed by atoms with Gasteiger partial charge in [0.25, 0.3) is 5.91 Å². The normalized spacial score (nSPS) is 18.9. The lowest BCUT2D eigenvalue weighted by molar-refractivity contribution is 0.0676. The highest BCUT2D eigenvalue weighted by atomic mass is 35.5. The SMILES string of the molecule is O=C(c1ccccc1F)N(Cc1ccc(Cl)cc1)[C@H]1CCS(=O)(=O)C1. The van der Waals surface area contributed by atoms with Crippen LogP contribution >= 0.6 is 11.6 Å². The van der Waals surface area contributed by atoms with E-state index in [4.69, 9.17) is 11.6 Å². The van der Waals surface area contributed by atoms with Gasteiger partial charge in [-0.1, -0.05) is 35.9 Å². The van der Waals surface area contributed by atoms with Crippen molar-refractivity contribution in [2.24, 2.45) is 0 Å². The van der Waals surface area contributed by atoms with Crippen molar-refractivity contribution in [1.29, 1.82) is 0 Å². The van der Waals surface area contributed by atoms with Crippen LogP contribution in [0.3, 0.4) is 0 Å². The molecule has 1 fully saturated rings. The largest absolute Gasteiger partial charge is 0.330 e. The molecule has 25 heavy (non-hydrogen) atoms. The number of hydrogen-bond acceptors (Lipinski definition) is 3. The summed E-state index contributed by atoms with van der Waals surface area (Å²) in [6.07, 6.45) is 0.357. The number of sulfone groups is 1. The van der Waals surface area contributed by atoms with Gasteiger partial charge >= 0.3 is 0 Å². The molecule has 132 valence electrons. The van der Waals surface area contributed by atoms with Crippen LogP contribution in [0, 0.1) is 5.82 Å². The Morgan fingerprint density at radius 3 is 2.44 bits per heavy atom. The van der Waals surface area contributed by atoms with Crippen molar-refractivity contribution in [2.75, 3.05) is 11.5 Å². The number of rotatable bonds is 4. The summed E-state index contributed by atoms with van der Waals surface area (Å²) in [5, 5.41) is 0.569. The Morgan fingerprint density at radius 1 is 1.16 bits per heavy atom. The third-order valence-corrected chi connectivity index (χ3v) is 6.28. The molecule has 1 saturated heterocycles. The van der Waals surface area contributed by atoms with E-state index >= 15 is 0 Å². The Balaban J connectivity index is 1.92. The van der Waals surface area contributed by atoms with E-state index in [9.17, 15) is 17.6 Å². The molecule has 1 aliphatic rings. The summed E-state index contributed by atoms with van der Waals surface area (Å²) < 4.78 is 37.7. The fraction of sp³-hybridized carbons (Fsp3) is 0.278. The lowest BCUT2D eigenvalue weighted by Crippen LogP contribution is -2.41. The molecule has 0 unspecified atom stereocenters. The fourth-order valence-electron chi connectivity index (χ4n) is 2.96. The highest BCUT2D eigenvalue weighted by Gasteiger charge is 2.35. The minimum atomic E-state index is -3.17. The molecule has 1 aliphatic heterocycles. The third kappa shape index (κ3) is 4.19. The maximum absolute atomic E-state index is 14.0. The number of carbonyl (C=O) groups is 1. The molecule has 3 rings (SSSR count). The van der Waals surface area contributed by atoms with Gasteiger partial charge in [-0.3, -0.25) is 4.79 Å². The van der Waals surface area contributed by atoms with Gasteiger partial charge in [0.2, 0.25) is 0 Å². The van der Waals surface area contributed by atoms with Crippen molar-refractivity contribution in [3.8, 4) is 0 Å². The van der Waals surface area contributed by atoms with Gasteiger partial charge in [0.05, 0.1) is 17.1 Å². The smallest absolute Gasteiger partial charge is 0.257 e. The molecule has 0 saturated carbocycles. The molecule has 0 aromatic heterocycles. The van der Waals surface area contributed by atoms with Gasteiger partial charge in [0.15, 0.2) is 9.84 Å². The zero-order valence-corrected chi connectivity index (χ0v) is 14.9. The van der Waals surface area contributed by atoms with Gasteiger partial charge in [-0.15, -0.1) is 0 Å². The lowest BCUT2D eigenvalue weighted by atomic mass is 10.1. The first kappa shape index (κ1) is 17.9. The zero-order chi connectivity index (χ0) is 18.0. The highest BCUT2D eigenvalue weighted by Crippen LogP contribution is 2.23. The predicted molar refractivity (Wildman–Crippen MR) is 94.8 cm³/mol. The van der Waals surface area contributed by atoms with Crippen molar-refractivity contribution in [2.45, 2.75) is 19.0 Å². The molecular formula is C18H17ClFNO3S. The molecule has 7 heteroatoms. The van der Waals surface area contributed by atoms with Gasteiger partial charge in [0, 0.05) is 17.6 Å². The summed E-state index contributed by atoms with van der Waals surface area (Å²) in [7, 11) is -3.17. The van der Waals surface area contributed by atoms with E-state index in [1.807, 2.05) is 0 Å². The van der Waals surface area contributed by atoms with Crippen LogP contribution < -0.4 is 0 Å². The second kappa shape index (κ2) is 7.14. The summed E-state index contributed by atoms with van der Waals surface area (Å²) in [6.45, 7) is 0.199. The Bertz CT molecular complexity index is 883. The molecule has 1 atom stereocenters. The number of amides is 1. The van der Waals surface area contributed by atoms with Crippen LogP contribution in [0.4, 0.5) is 4.39 Å². The Morgan fingerprint density at radius 2 is 1.84 bits per heavy atom. The Hall–Kier alpha value is -1.92. The van der Waals surface area contributed by atoms with E-state index in [0.717, 1.165) is 5.56 Å². The molecule has 2 aromatic carbocycles. The summed E-state index contributed by atoms with van der Waals surface area (Å²) in [4.78, 5) is 14.4. The van der Waals surface area contributed by atoms with Crippen molar-refractivity contribution < 1.29 is 17.6 Å². The van der Waals surface area contributed by atoms with E-state index in [-0.39, 0.29) is 23.6 Å². The quantitative estimate of drug-likeness (QED) is 0.816. The first-order chi connectivity index (χ1) is 11.9. The van der Waals surface area contributed by atoms with Crippen molar-refractivity contribution in [3.05, 3.63) is 70.5 Å². The first-order valence-corrected chi connectivity index (χ1v) is 10.1. The summed E-state index contributed by atoms with van der Waals surface area (Å²) >= 11 is 5.88. The van der Waals surface area contributed by atoms with Gasteiger partial charge in [-0.2, -0.15) is 0 Å². The summed E-state index contributed by atoms with van der Waals surface area (Å²) in [6, 6.07) is 12.2. The average molecular weight is 382 g/mol. The van der Waals surface area contributed by atoms with Crippen LogP contribution in [0.5, 0.6) is 0 Å². The van der Waals surface area contributed by atoms with E-state index < -0.39 is 27.6 Å². The molecule has 2 aromatic rings. The number of hydrogen-bond donors (Lipinski definition) is 0. The van der Waals surface area contributed by atoms with Crippen molar-refractivity contribution >= 4 is 27.3 Å². The molecule has 4 nitrogen and oxygen atoms in total. The standard InChI is InChI=1S/C18H17ClFNO3S/c19-14-7-5-13(6-8-14)11-21(15-9-10-25(23,24)12-15)18(22)16-3-1-2-4-17(16)20/h1-8,15H,9-12H2/t15-/m0/s1. The van der Waals surface area contributed by atoms with E-state index in [2.05, 4.69) is 0 Å². The fourth-order valence-corrected chi connectivity index (χ4v) is 4.82. The first-order valence-electron chi connectivity index (χ1n) is 7.86. The number of carbonyl (C=O) groups excluding carboxylic acids is 1. The van der Waals surface area contributed by atoms with Gasteiger partial charge in [0.1, 0.15) is 5.82 Å². The molecule has 0 N–H and O–H groups in total. The van der Waals surface area contributed by atoms with Crippen molar-refractivity contribution in [1.82, 2.24) is 4.90 Å². The third-order valence-electron chi connectivity index (χ3n) is 4.28. The number of nitrogens with zero attached hydrogens (tertiary/aromatic N) is 1. The van der Waals surface area contributed by atoms with Crippen LogP contribution in [0.25, 0.3) is 0 Å². The molecule has 0 spiro atoms. The molecule has 0 radical (unpaired) electrons. The molecule has 0 bridgehead atoms. The summed E-state index contributed by atoms with van der Waals surface area (Å²) in [5.74, 6) is -1.18. The van der Waals surface area contributed by atoms with Crippen LogP contribution in [0.1, 0.15) is 22.3 Å². The minimum Gasteiger partial charge on any atom is -0.330 e. The lowest BCUT2D eigenvalue weighted by Gasteiger charge is -2.28. The second-order valence-corrected chi connectivity index (χ2v) is 8.76. The molecular weight excluding hydrogens is 365 g/mol. The van der Waals surface area contributed by atoms with Crippen LogP contribution in [0.15, 0.2) is 48.5 Å². The second-order valence-electron chi connectivity index (χ2n) is 6.10. The monoisotopic (exact) mass is 381 g/mol. The molecule has 1 heterocycles. The summed E-state index contributed by atoms with van der Waals surface area (Å²) in [5.41, 5.74) is 0.749. The number of halogens is 2. The molecule has 1 amide bonds. The van der Waals surface area contributed by atoms with E-state index in [1.54, 1.807) is 30.3 Å². The predicted octanol–water partition coefficient (Wildman–Crippen LogP) is 3.31. The maximum atomic E-state index is 14.0. The van der Waals surface area contributed by atoms with Crippen molar-refractivity contribution in [3.63, 3.8) is 0 Å². The van der Waals surface area contributed by atoms with Crippen LogP contribution in [-0.2, 0) is 16.4 Å². The van der Waals surface area contributed by atoms with Crippen LogP contribution in [0.2, 0.25) is 5.02 Å². The zero-order valence-electron chi connectivity index (χ0n) is 13.4.